The minimum absolute atomic E-state index is 0. The first-order valence-electron chi connectivity index (χ1n) is 24.4. The Hall–Kier alpha value is -8.40. The molecule has 347 valence electrons. The molecule has 0 amide bonds. The summed E-state index contributed by atoms with van der Waals surface area (Å²) in [6.45, 7) is 4.70. The van der Waals surface area contributed by atoms with Gasteiger partial charge in [-0.3, -0.25) is 0 Å². The zero-order valence-electron chi connectivity index (χ0n) is 40.1. The largest absolute Gasteiger partial charge is 0.310 e. The van der Waals surface area contributed by atoms with Crippen LogP contribution in [-0.4, -0.2) is 9.55 Å². The van der Waals surface area contributed by atoms with E-state index in [1.165, 1.54) is 83.1 Å². The molecule has 4 heteroatoms. The molecule has 1 aliphatic rings. The number of nitrogens with zero attached hydrogens (tertiary/aromatic N) is 3. The molecule has 0 N–H and O–H groups in total. The summed E-state index contributed by atoms with van der Waals surface area (Å²) in [5.41, 5.74) is 21.5. The number of fused-ring (bicyclic) bond motifs is 6. The van der Waals surface area contributed by atoms with Crippen molar-refractivity contribution < 1.29 is 20.1 Å². The molecule has 1 aliphatic carbocycles. The first-order chi connectivity index (χ1) is 35.0. The molecular formula is C68H50IrN3-. The predicted molar refractivity (Wildman–Crippen MR) is 298 cm³/mol. The van der Waals surface area contributed by atoms with Gasteiger partial charge in [-0.1, -0.05) is 184 Å². The van der Waals surface area contributed by atoms with Gasteiger partial charge in [0, 0.05) is 65.2 Å². The second-order valence-electron chi connectivity index (χ2n) is 18.7. The van der Waals surface area contributed by atoms with E-state index in [-0.39, 0.29) is 25.5 Å². The molecule has 0 aliphatic heterocycles. The van der Waals surface area contributed by atoms with E-state index >= 15 is 0 Å². The Balaban J connectivity index is 0.000000248. The van der Waals surface area contributed by atoms with Gasteiger partial charge in [0.1, 0.15) is 0 Å². The molecule has 0 bridgehead atoms. The van der Waals surface area contributed by atoms with E-state index in [1.54, 1.807) is 6.20 Å². The molecule has 3 nitrogen and oxygen atoms in total. The molecule has 2 heterocycles. The van der Waals surface area contributed by atoms with Crippen molar-refractivity contribution in [2.24, 2.45) is 0 Å². The van der Waals surface area contributed by atoms with Gasteiger partial charge in [-0.05, 0) is 129 Å². The fourth-order valence-corrected chi connectivity index (χ4v) is 10.5. The number of hydrogen-bond donors (Lipinski definition) is 0. The molecule has 0 spiro atoms. The smallest absolute Gasteiger partial charge is 0.0541 e. The van der Waals surface area contributed by atoms with Crippen LogP contribution in [0.1, 0.15) is 25.0 Å². The number of hydrogen-bond acceptors (Lipinski definition) is 2. The monoisotopic (exact) mass is 1100 g/mol. The summed E-state index contributed by atoms with van der Waals surface area (Å²) >= 11 is 0. The maximum absolute atomic E-state index is 4.35. The van der Waals surface area contributed by atoms with Gasteiger partial charge in [-0.15, -0.1) is 35.4 Å². The molecule has 72 heavy (non-hydrogen) atoms. The maximum atomic E-state index is 4.35. The predicted octanol–water partition coefficient (Wildman–Crippen LogP) is 18.1. The third kappa shape index (κ3) is 8.66. The first kappa shape index (κ1) is 46.0. The maximum Gasteiger partial charge on any atom is 0.0541 e. The van der Waals surface area contributed by atoms with Crippen LogP contribution < -0.4 is 4.90 Å². The van der Waals surface area contributed by atoms with Crippen LogP contribution in [0.3, 0.4) is 0 Å². The van der Waals surface area contributed by atoms with Crippen LogP contribution in [0.2, 0.25) is 0 Å². The van der Waals surface area contributed by atoms with Crippen molar-refractivity contribution in [1.82, 2.24) is 9.55 Å². The van der Waals surface area contributed by atoms with Crippen molar-refractivity contribution in [2.75, 3.05) is 4.90 Å². The Bertz CT molecular complexity index is 3750. The molecule has 1 radical (unpaired) electrons. The van der Waals surface area contributed by atoms with Crippen LogP contribution in [0, 0.1) is 6.07 Å². The van der Waals surface area contributed by atoms with Crippen molar-refractivity contribution in [3.63, 3.8) is 0 Å². The van der Waals surface area contributed by atoms with Crippen molar-refractivity contribution >= 4 is 38.9 Å². The van der Waals surface area contributed by atoms with E-state index in [1.807, 2.05) is 42.5 Å². The van der Waals surface area contributed by atoms with Gasteiger partial charge in [0.25, 0.3) is 0 Å². The first-order valence-corrected chi connectivity index (χ1v) is 24.4. The van der Waals surface area contributed by atoms with Gasteiger partial charge in [-0.25, -0.2) is 0 Å². The summed E-state index contributed by atoms with van der Waals surface area (Å²) in [6.07, 6.45) is 1.80. The number of benzene rings is 10. The van der Waals surface area contributed by atoms with E-state index in [4.69, 9.17) is 0 Å². The third-order valence-corrected chi connectivity index (χ3v) is 14.1. The average molecular weight is 1100 g/mol. The molecule has 10 aromatic carbocycles. The molecule has 0 fully saturated rings. The molecule has 0 unspecified atom stereocenters. The Labute approximate surface area is 435 Å². The van der Waals surface area contributed by atoms with Crippen LogP contribution in [0.25, 0.3) is 83.3 Å². The van der Waals surface area contributed by atoms with Crippen molar-refractivity contribution in [3.8, 4) is 61.5 Å². The van der Waals surface area contributed by atoms with Crippen molar-refractivity contribution in [3.05, 3.63) is 284 Å². The number of anilines is 3. The third-order valence-electron chi connectivity index (χ3n) is 14.1. The minimum Gasteiger partial charge on any atom is -0.310 e. The van der Waals surface area contributed by atoms with Gasteiger partial charge >= 0.3 is 0 Å². The van der Waals surface area contributed by atoms with Gasteiger partial charge in [-0.2, -0.15) is 0 Å². The molecule has 0 atom stereocenters. The zero-order chi connectivity index (χ0) is 47.7. The molecular weight excluding hydrogens is 1050 g/mol. The number of para-hydroxylation sites is 2. The van der Waals surface area contributed by atoms with E-state index in [0.717, 1.165) is 28.3 Å². The summed E-state index contributed by atoms with van der Waals surface area (Å²) in [7, 11) is 0. The van der Waals surface area contributed by atoms with E-state index < -0.39 is 0 Å². The van der Waals surface area contributed by atoms with Crippen molar-refractivity contribution in [2.45, 2.75) is 19.3 Å². The molecule has 0 saturated carbocycles. The Morgan fingerprint density at radius 1 is 0.403 bits per heavy atom. The molecule has 12 aromatic rings. The Morgan fingerprint density at radius 2 is 0.931 bits per heavy atom. The molecule has 0 saturated heterocycles. The topological polar surface area (TPSA) is 21.1 Å². The SMILES string of the molecule is CC1(C)c2ccccc2-c2ccc(N(c3ccc(-c4ccccc4)cc3)c3ccc(-c4ccc5c(c4)c4ccccc4n5-c4ccccc4)cc3)cc21.[Ir].[c-]1ccc(-c2ccccc2)cc1-c1ccccn1. The summed E-state index contributed by atoms with van der Waals surface area (Å²) < 4.78 is 2.37. The molecule has 13 rings (SSSR count). The summed E-state index contributed by atoms with van der Waals surface area (Å²) in [5.74, 6) is 0. The Kier molecular flexibility index (Phi) is 12.6. The van der Waals surface area contributed by atoms with Crippen LogP contribution in [-0.2, 0) is 25.5 Å². The van der Waals surface area contributed by atoms with Gasteiger partial charge in [0.2, 0.25) is 0 Å². The number of rotatable bonds is 8. The van der Waals surface area contributed by atoms with Crippen LogP contribution in [0.4, 0.5) is 17.1 Å². The van der Waals surface area contributed by atoms with E-state index in [2.05, 4.69) is 253 Å². The number of pyridine rings is 1. The van der Waals surface area contributed by atoms with Crippen LogP contribution in [0.5, 0.6) is 0 Å². The van der Waals surface area contributed by atoms with Gasteiger partial charge in [0.15, 0.2) is 0 Å². The fourth-order valence-electron chi connectivity index (χ4n) is 10.5. The van der Waals surface area contributed by atoms with Crippen LogP contribution in [0.15, 0.2) is 267 Å². The average Bonchev–Trinajstić information content (AvgIpc) is 3.90. The Morgan fingerprint density at radius 3 is 1.62 bits per heavy atom. The van der Waals surface area contributed by atoms with E-state index in [0.29, 0.717) is 0 Å². The minimum atomic E-state index is -0.0864. The van der Waals surface area contributed by atoms with Crippen LogP contribution >= 0.6 is 0 Å². The summed E-state index contributed by atoms with van der Waals surface area (Å²) in [5, 5.41) is 2.52. The second kappa shape index (κ2) is 19.8. The normalized spacial score (nSPS) is 12.0. The second-order valence-corrected chi connectivity index (χ2v) is 18.7. The molecule has 2 aromatic heterocycles. The standard InChI is InChI=1S/C51H38N2.C17H12N.Ir/c1-51(2)47-19-11-9-17-43(47)44-31-30-42(34-48(44)51)52(40-26-21-36(22-27-40)35-13-5-3-6-14-35)41-28-23-37(24-29-41)38-25-32-50-46(33-38)45-18-10-12-20-49(45)53(50)39-15-7-4-8-16-39;1-2-7-14(8-3-1)15-9-6-10-16(13-15)17-11-4-5-12-18-17;/h3-34H,1-2H3;1-9,11-13H;/q;-1;. The zero-order valence-corrected chi connectivity index (χ0v) is 42.5. The van der Waals surface area contributed by atoms with Crippen molar-refractivity contribution in [1.29, 1.82) is 0 Å². The number of aromatic nitrogens is 2. The van der Waals surface area contributed by atoms with E-state index in [9.17, 15) is 0 Å². The van der Waals surface area contributed by atoms with Gasteiger partial charge < -0.3 is 14.5 Å². The summed E-state index contributed by atoms with van der Waals surface area (Å²) in [4.78, 5) is 6.75. The van der Waals surface area contributed by atoms with Gasteiger partial charge in [0.05, 0.1) is 11.0 Å². The fraction of sp³-hybridized carbons (Fsp3) is 0.0441. The summed E-state index contributed by atoms with van der Waals surface area (Å²) in [6, 6.07) is 96.4. The quantitative estimate of drug-likeness (QED) is 0.141.